The first-order valence-electron chi connectivity index (χ1n) is 11.6. The summed E-state index contributed by atoms with van der Waals surface area (Å²) in [4.78, 5) is 13.3. The Kier molecular flexibility index (Phi) is 9.74. The molecular formula is C26H32Cl2FNO4. The predicted octanol–water partition coefficient (Wildman–Crippen LogP) is 5.60. The molecular weight excluding hydrogens is 480 g/mol. The lowest BCUT2D eigenvalue weighted by atomic mass is 9.96. The van der Waals surface area contributed by atoms with Crippen LogP contribution in [0, 0.1) is 12.7 Å². The molecule has 1 unspecified atom stereocenters. The van der Waals surface area contributed by atoms with Crippen molar-refractivity contribution in [2.75, 3.05) is 19.7 Å². The van der Waals surface area contributed by atoms with Crippen molar-refractivity contribution in [1.82, 2.24) is 4.90 Å². The first kappa shape index (κ1) is 26.9. The minimum absolute atomic E-state index is 0.0391. The molecule has 0 radical (unpaired) electrons. The molecule has 1 fully saturated rings. The highest BCUT2D eigenvalue weighted by atomic mass is 35.5. The number of hydrogen-bond donors (Lipinski definition) is 2. The second-order valence-corrected chi connectivity index (χ2v) is 9.88. The number of aryl methyl sites for hydroxylation is 2. The third-order valence-electron chi connectivity index (χ3n) is 6.40. The van der Waals surface area contributed by atoms with Gasteiger partial charge in [0.05, 0.1) is 28.9 Å². The van der Waals surface area contributed by atoms with Gasteiger partial charge in [-0.25, -0.2) is 4.39 Å². The van der Waals surface area contributed by atoms with E-state index >= 15 is 0 Å². The van der Waals surface area contributed by atoms with E-state index in [1.54, 1.807) is 26.0 Å². The zero-order valence-corrected chi connectivity index (χ0v) is 21.1. The largest absolute Gasteiger partial charge is 0.481 e. The number of carbonyl (C=O) groups is 1. The molecule has 0 amide bonds. The smallest absolute Gasteiger partial charge is 0.303 e. The van der Waals surface area contributed by atoms with Crippen molar-refractivity contribution < 1.29 is 24.1 Å². The van der Waals surface area contributed by atoms with Gasteiger partial charge in [0.15, 0.2) is 0 Å². The van der Waals surface area contributed by atoms with Gasteiger partial charge in [-0.2, -0.15) is 0 Å². The lowest BCUT2D eigenvalue weighted by Crippen LogP contribution is -2.39. The molecule has 5 nitrogen and oxygen atoms in total. The first-order valence-corrected chi connectivity index (χ1v) is 12.4. The second kappa shape index (κ2) is 12.3. The van der Waals surface area contributed by atoms with Crippen LogP contribution in [0.15, 0.2) is 30.3 Å². The van der Waals surface area contributed by atoms with Crippen molar-refractivity contribution in [2.45, 2.75) is 64.2 Å². The summed E-state index contributed by atoms with van der Waals surface area (Å²) in [6, 6.07) is 9.08. The molecule has 3 atom stereocenters. The highest BCUT2D eigenvalue weighted by molar-refractivity contribution is 6.42. The van der Waals surface area contributed by atoms with Crippen LogP contribution in [0.2, 0.25) is 10.0 Å². The van der Waals surface area contributed by atoms with E-state index in [-0.39, 0.29) is 18.8 Å². The van der Waals surface area contributed by atoms with Crippen LogP contribution in [0.3, 0.4) is 0 Å². The van der Waals surface area contributed by atoms with Crippen LogP contribution < -0.4 is 0 Å². The third kappa shape index (κ3) is 7.40. The number of halogens is 3. The number of hydrogen-bond acceptors (Lipinski definition) is 4. The van der Waals surface area contributed by atoms with Crippen molar-refractivity contribution in [3.63, 3.8) is 0 Å². The monoisotopic (exact) mass is 511 g/mol. The van der Waals surface area contributed by atoms with Crippen molar-refractivity contribution in [3.8, 4) is 0 Å². The average molecular weight is 512 g/mol. The Labute approximate surface area is 210 Å². The molecule has 186 valence electrons. The minimum Gasteiger partial charge on any atom is -0.481 e. The predicted molar refractivity (Wildman–Crippen MR) is 132 cm³/mol. The van der Waals surface area contributed by atoms with E-state index in [2.05, 4.69) is 4.90 Å². The van der Waals surface area contributed by atoms with Gasteiger partial charge in [-0.1, -0.05) is 35.3 Å². The topological polar surface area (TPSA) is 70.0 Å². The number of benzene rings is 2. The highest BCUT2D eigenvalue weighted by Gasteiger charge is 2.27. The molecule has 34 heavy (non-hydrogen) atoms. The fourth-order valence-corrected chi connectivity index (χ4v) is 4.89. The minimum atomic E-state index is -0.905. The Hall–Kier alpha value is -1.70. The number of carboxylic acid groups (broad SMARTS) is 1. The van der Waals surface area contributed by atoms with Crippen LogP contribution in [0.4, 0.5) is 4.39 Å². The van der Waals surface area contributed by atoms with E-state index in [0.717, 1.165) is 36.9 Å². The van der Waals surface area contributed by atoms with Crippen molar-refractivity contribution in [3.05, 3.63) is 68.4 Å². The quantitative estimate of drug-likeness (QED) is 0.410. The number of aliphatic hydroxyl groups excluding tert-OH is 1. The number of aliphatic hydroxyl groups is 1. The Bertz CT molecular complexity index is 1000. The van der Waals surface area contributed by atoms with Crippen LogP contribution in [-0.2, 0) is 22.4 Å². The zero-order valence-electron chi connectivity index (χ0n) is 19.6. The van der Waals surface area contributed by atoms with Crippen LogP contribution in [0.25, 0.3) is 0 Å². The molecule has 3 rings (SSSR count). The maximum Gasteiger partial charge on any atom is 0.303 e. The molecule has 0 bridgehead atoms. The van der Waals surface area contributed by atoms with E-state index in [9.17, 15) is 14.3 Å². The van der Waals surface area contributed by atoms with Gasteiger partial charge < -0.3 is 14.9 Å². The molecule has 8 heteroatoms. The standard InChI is InChI=1S/C26H32Cl2FNO4/c1-16-10-19(6-8-26(32)33)22(13-25(16)29)17(2)34-15-21(31)14-30-9-3-4-20(30)11-18-5-7-23(27)24(28)12-18/h5,7,10,12-13,17,20-21,31H,3-4,6,8-9,11,14-15H2,1-2H3,(H,32,33)/t17-,20+,21?/m1/s1. The molecule has 2 N–H and O–H groups in total. The molecule has 0 aliphatic carbocycles. The molecule has 2 aromatic carbocycles. The molecule has 0 saturated carbocycles. The van der Waals surface area contributed by atoms with Crippen LogP contribution in [0.1, 0.15) is 54.5 Å². The van der Waals surface area contributed by atoms with Gasteiger partial charge in [0.1, 0.15) is 5.82 Å². The fourth-order valence-electron chi connectivity index (χ4n) is 4.57. The van der Waals surface area contributed by atoms with Gasteiger partial charge in [-0.3, -0.25) is 9.69 Å². The maximum atomic E-state index is 14.2. The van der Waals surface area contributed by atoms with Gasteiger partial charge in [0.2, 0.25) is 0 Å². The Balaban J connectivity index is 1.56. The summed E-state index contributed by atoms with van der Waals surface area (Å²) in [7, 11) is 0. The lowest BCUT2D eigenvalue weighted by Gasteiger charge is -2.28. The third-order valence-corrected chi connectivity index (χ3v) is 7.14. The van der Waals surface area contributed by atoms with E-state index in [1.807, 2.05) is 12.1 Å². The number of likely N-dealkylation sites (tertiary alicyclic amines) is 1. The van der Waals surface area contributed by atoms with Crippen LogP contribution in [0.5, 0.6) is 0 Å². The summed E-state index contributed by atoms with van der Waals surface area (Å²) >= 11 is 12.2. The number of β-amino-alcohol motifs (C(OH)–C–C–N with tert-alkyl or cyclic N) is 1. The number of aliphatic carboxylic acids is 1. The fraction of sp³-hybridized carbons (Fsp3) is 0.500. The van der Waals surface area contributed by atoms with E-state index in [4.69, 9.17) is 33.0 Å². The highest BCUT2D eigenvalue weighted by Crippen LogP contribution is 2.28. The van der Waals surface area contributed by atoms with Gasteiger partial charge in [-0.05, 0) is 86.5 Å². The maximum absolute atomic E-state index is 14.2. The SMILES string of the molecule is Cc1cc(CCC(=O)O)c([C@@H](C)OCC(O)CN2CCC[C@H]2Cc2ccc(Cl)c(Cl)c2)cc1F. The summed E-state index contributed by atoms with van der Waals surface area (Å²) in [6.07, 6.45) is 2.02. The first-order chi connectivity index (χ1) is 16.1. The van der Waals surface area contributed by atoms with Crippen molar-refractivity contribution >= 4 is 29.2 Å². The summed E-state index contributed by atoms with van der Waals surface area (Å²) in [5.41, 5.74) is 2.96. The molecule has 0 aromatic heterocycles. The van der Waals surface area contributed by atoms with Crippen molar-refractivity contribution in [1.29, 1.82) is 0 Å². The molecule has 1 aliphatic heterocycles. The molecule has 1 saturated heterocycles. The summed E-state index contributed by atoms with van der Waals surface area (Å²) in [5.74, 6) is -1.26. The Morgan fingerprint density at radius 3 is 2.74 bits per heavy atom. The lowest BCUT2D eigenvalue weighted by molar-refractivity contribution is -0.136. The van der Waals surface area contributed by atoms with Crippen molar-refractivity contribution in [2.24, 2.45) is 0 Å². The van der Waals surface area contributed by atoms with E-state index in [1.165, 1.54) is 6.07 Å². The number of carboxylic acids is 1. The van der Waals surface area contributed by atoms with Crippen LogP contribution in [-0.4, -0.2) is 52.9 Å². The van der Waals surface area contributed by atoms with E-state index in [0.29, 0.717) is 40.2 Å². The van der Waals surface area contributed by atoms with Gasteiger partial charge in [0, 0.05) is 19.0 Å². The van der Waals surface area contributed by atoms with Crippen LogP contribution >= 0.6 is 23.2 Å². The van der Waals surface area contributed by atoms with Gasteiger partial charge in [0.25, 0.3) is 0 Å². The normalized spacial score (nSPS) is 18.2. The second-order valence-electron chi connectivity index (χ2n) is 9.07. The average Bonchev–Trinajstić information content (AvgIpc) is 3.21. The number of ether oxygens (including phenoxy) is 1. The Morgan fingerprint density at radius 2 is 2.03 bits per heavy atom. The Morgan fingerprint density at radius 1 is 1.26 bits per heavy atom. The molecule has 1 heterocycles. The zero-order chi connectivity index (χ0) is 24.8. The number of nitrogens with zero attached hydrogens (tertiary/aromatic N) is 1. The number of rotatable bonds is 11. The summed E-state index contributed by atoms with van der Waals surface area (Å²) < 4.78 is 20.1. The van der Waals surface area contributed by atoms with Gasteiger partial charge in [-0.15, -0.1) is 0 Å². The van der Waals surface area contributed by atoms with Gasteiger partial charge >= 0.3 is 5.97 Å². The molecule has 2 aromatic rings. The summed E-state index contributed by atoms with van der Waals surface area (Å²) in [5, 5.41) is 20.8. The molecule has 1 aliphatic rings. The molecule has 0 spiro atoms. The summed E-state index contributed by atoms with van der Waals surface area (Å²) in [6.45, 7) is 4.94. The van der Waals surface area contributed by atoms with E-state index < -0.39 is 18.2 Å².